The molecule has 0 spiro atoms. The molecule has 1 heterocycles. The molecule has 27 heavy (non-hydrogen) atoms. The van der Waals surface area contributed by atoms with Crippen molar-refractivity contribution in [2.45, 2.75) is 18.7 Å². The maximum absolute atomic E-state index is 11.8. The quantitative estimate of drug-likeness (QED) is 0.543. The van der Waals surface area contributed by atoms with Crippen molar-refractivity contribution < 1.29 is 14.3 Å². The molecule has 3 aromatic carbocycles. The van der Waals surface area contributed by atoms with Gasteiger partial charge in [0.05, 0.1) is 24.5 Å². The summed E-state index contributed by atoms with van der Waals surface area (Å²) in [7, 11) is 0. The van der Waals surface area contributed by atoms with Crippen molar-refractivity contribution in [1.82, 2.24) is 0 Å². The van der Waals surface area contributed by atoms with Gasteiger partial charge >= 0.3 is 5.97 Å². The largest absolute Gasteiger partial charge is 0.493 e. The summed E-state index contributed by atoms with van der Waals surface area (Å²) in [5.41, 5.74) is 2.45. The summed E-state index contributed by atoms with van der Waals surface area (Å²) >= 11 is 1.66. The van der Waals surface area contributed by atoms with Crippen LogP contribution in [0, 0.1) is 0 Å². The highest BCUT2D eigenvalue weighted by Crippen LogP contribution is 2.44. The normalized spacial score (nSPS) is 13.9. The summed E-state index contributed by atoms with van der Waals surface area (Å²) < 4.78 is 10.8. The van der Waals surface area contributed by atoms with E-state index in [1.54, 1.807) is 30.8 Å². The molecule has 1 aliphatic heterocycles. The molecule has 3 aromatic rings. The summed E-state index contributed by atoms with van der Waals surface area (Å²) in [6.07, 6.45) is 0. The number of esters is 1. The van der Waals surface area contributed by atoms with E-state index in [1.807, 2.05) is 31.2 Å². The first-order valence-corrected chi connectivity index (χ1v) is 9.75. The van der Waals surface area contributed by atoms with E-state index in [9.17, 15) is 4.79 Å². The number of hydrogen-bond donors (Lipinski definition) is 0. The molecule has 0 saturated carbocycles. The minimum atomic E-state index is -0.312. The Morgan fingerprint density at radius 1 is 1.00 bits per heavy atom. The number of thioether (sulfide) groups is 1. The van der Waals surface area contributed by atoms with Crippen molar-refractivity contribution in [3.05, 3.63) is 65.7 Å². The van der Waals surface area contributed by atoms with E-state index >= 15 is 0 Å². The lowest BCUT2D eigenvalue weighted by Gasteiger charge is -2.08. The minimum absolute atomic E-state index is 0.312. The van der Waals surface area contributed by atoms with Gasteiger partial charge < -0.3 is 9.47 Å². The number of ether oxygens (including phenoxy) is 2. The lowest BCUT2D eigenvalue weighted by atomic mass is 10.0. The molecule has 4 nitrogen and oxygen atoms in total. The van der Waals surface area contributed by atoms with E-state index in [1.165, 1.54) is 10.3 Å². The first-order valence-electron chi connectivity index (χ1n) is 8.94. The Balaban J connectivity index is 1.70. The first kappa shape index (κ1) is 17.6. The minimum Gasteiger partial charge on any atom is -0.493 e. The summed E-state index contributed by atoms with van der Waals surface area (Å²) in [5.74, 6) is 0.589. The second kappa shape index (κ2) is 7.45. The molecule has 1 aliphatic rings. The van der Waals surface area contributed by atoms with Crippen molar-refractivity contribution in [2.24, 2.45) is 4.99 Å². The molecule has 0 saturated heterocycles. The third kappa shape index (κ3) is 3.30. The van der Waals surface area contributed by atoms with Crippen LogP contribution < -0.4 is 4.74 Å². The SMILES string of the molecule is CCOC(=O)c1ccc(N=C2Sc3cccc4c(OCC)ccc2c34)cc1. The first-order chi connectivity index (χ1) is 13.2. The number of nitrogens with zero attached hydrogens (tertiary/aromatic N) is 1. The molecule has 136 valence electrons. The molecule has 0 unspecified atom stereocenters. The highest BCUT2D eigenvalue weighted by molar-refractivity contribution is 8.15. The fourth-order valence-corrected chi connectivity index (χ4v) is 4.24. The molecule has 0 fully saturated rings. The lowest BCUT2D eigenvalue weighted by Crippen LogP contribution is -2.03. The van der Waals surface area contributed by atoms with Crippen molar-refractivity contribution in [2.75, 3.05) is 13.2 Å². The number of hydrogen-bond acceptors (Lipinski definition) is 5. The summed E-state index contributed by atoms with van der Waals surface area (Å²) in [5, 5.41) is 3.26. The second-order valence-electron chi connectivity index (χ2n) is 6.01. The predicted octanol–water partition coefficient (Wildman–Crippen LogP) is 5.60. The van der Waals surface area contributed by atoms with Gasteiger partial charge in [-0.1, -0.05) is 23.9 Å². The number of rotatable bonds is 5. The van der Waals surface area contributed by atoms with Gasteiger partial charge in [-0.25, -0.2) is 9.79 Å². The van der Waals surface area contributed by atoms with Crippen LogP contribution in [0.4, 0.5) is 5.69 Å². The van der Waals surface area contributed by atoms with Gasteiger partial charge in [-0.05, 0) is 56.3 Å². The molecule has 0 radical (unpaired) electrons. The maximum atomic E-state index is 11.8. The van der Waals surface area contributed by atoms with Gasteiger partial charge in [0, 0.05) is 21.2 Å². The van der Waals surface area contributed by atoms with Crippen LogP contribution in [0.25, 0.3) is 10.8 Å². The molecular weight excluding hydrogens is 358 g/mol. The molecule has 4 rings (SSSR count). The van der Waals surface area contributed by atoms with Crippen LogP contribution in [-0.4, -0.2) is 24.2 Å². The Morgan fingerprint density at radius 3 is 2.56 bits per heavy atom. The zero-order valence-electron chi connectivity index (χ0n) is 15.2. The standard InChI is InChI=1S/C22H19NO3S/c1-3-25-18-13-12-17-20-16(18)6-5-7-19(20)27-21(17)23-15-10-8-14(9-11-15)22(24)26-4-2/h5-13H,3-4H2,1-2H3. The van der Waals surface area contributed by atoms with Crippen LogP contribution in [0.1, 0.15) is 29.8 Å². The van der Waals surface area contributed by atoms with Crippen molar-refractivity contribution in [3.8, 4) is 5.75 Å². The summed E-state index contributed by atoms with van der Waals surface area (Å²) in [4.78, 5) is 17.8. The van der Waals surface area contributed by atoms with Crippen molar-refractivity contribution >= 4 is 39.2 Å². The van der Waals surface area contributed by atoms with E-state index in [0.717, 1.165) is 27.4 Å². The highest BCUT2D eigenvalue weighted by Gasteiger charge is 2.23. The zero-order chi connectivity index (χ0) is 18.8. The van der Waals surface area contributed by atoms with Gasteiger partial charge in [0.15, 0.2) is 0 Å². The van der Waals surface area contributed by atoms with Gasteiger partial charge in [-0.15, -0.1) is 0 Å². The molecular formula is C22H19NO3S. The Morgan fingerprint density at radius 2 is 1.81 bits per heavy atom. The molecule has 0 bridgehead atoms. The molecule has 0 aromatic heterocycles. The van der Waals surface area contributed by atoms with Gasteiger partial charge in [0.1, 0.15) is 10.8 Å². The van der Waals surface area contributed by atoms with Crippen molar-refractivity contribution in [1.29, 1.82) is 0 Å². The maximum Gasteiger partial charge on any atom is 0.338 e. The van der Waals surface area contributed by atoms with Gasteiger partial charge in [0.2, 0.25) is 0 Å². The average molecular weight is 377 g/mol. The van der Waals surface area contributed by atoms with E-state index in [2.05, 4.69) is 18.2 Å². The predicted molar refractivity (Wildman–Crippen MR) is 110 cm³/mol. The van der Waals surface area contributed by atoms with Gasteiger partial charge in [-0.3, -0.25) is 0 Å². The van der Waals surface area contributed by atoms with E-state index < -0.39 is 0 Å². The monoisotopic (exact) mass is 377 g/mol. The fourth-order valence-electron chi connectivity index (χ4n) is 3.14. The molecule has 0 amide bonds. The number of carbonyl (C=O) groups is 1. The van der Waals surface area contributed by atoms with Crippen molar-refractivity contribution in [3.63, 3.8) is 0 Å². The Kier molecular flexibility index (Phi) is 4.86. The fraction of sp³-hybridized carbons (Fsp3) is 0.182. The number of benzene rings is 3. The van der Waals surface area contributed by atoms with Crippen LogP contribution in [-0.2, 0) is 4.74 Å². The van der Waals surface area contributed by atoms with Crippen LogP contribution >= 0.6 is 11.8 Å². The zero-order valence-corrected chi connectivity index (χ0v) is 16.0. The van der Waals surface area contributed by atoms with Crippen LogP contribution in [0.3, 0.4) is 0 Å². The Bertz CT molecular complexity index is 1040. The third-order valence-electron chi connectivity index (χ3n) is 4.31. The number of aliphatic imine (C=N–C) groups is 1. The van der Waals surface area contributed by atoms with Gasteiger partial charge in [-0.2, -0.15) is 0 Å². The van der Waals surface area contributed by atoms with Crippen LogP contribution in [0.15, 0.2) is 64.5 Å². The average Bonchev–Trinajstić information content (AvgIpc) is 3.04. The molecule has 0 N–H and O–H groups in total. The Labute approximate surface area is 162 Å². The topological polar surface area (TPSA) is 47.9 Å². The second-order valence-corrected chi connectivity index (χ2v) is 7.04. The van der Waals surface area contributed by atoms with Crippen LogP contribution in [0.2, 0.25) is 0 Å². The summed E-state index contributed by atoms with van der Waals surface area (Å²) in [6, 6.07) is 17.5. The smallest absolute Gasteiger partial charge is 0.338 e. The van der Waals surface area contributed by atoms with Crippen LogP contribution in [0.5, 0.6) is 5.75 Å². The summed E-state index contributed by atoms with van der Waals surface area (Å²) in [6.45, 7) is 4.79. The van der Waals surface area contributed by atoms with E-state index in [0.29, 0.717) is 18.8 Å². The molecule has 5 heteroatoms. The molecule has 0 atom stereocenters. The Hall–Kier alpha value is -2.79. The molecule has 0 aliphatic carbocycles. The lowest BCUT2D eigenvalue weighted by molar-refractivity contribution is 0.0526. The van der Waals surface area contributed by atoms with Gasteiger partial charge in [0.25, 0.3) is 0 Å². The van der Waals surface area contributed by atoms with E-state index in [-0.39, 0.29) is 5.97 Å². The highest BCUT2D eigenvalue weighted by atomic mass is 32.2. The number of carbonyl (C=O) groups excluding carboxylic acids is 1. The van der Waals surface area contributed by atoms with E-state index in [4.69, 9.17) is 14.5 Å². The third-order valence-corrected chi connectivity index (χ3v) is 5.37.